The third kappa shape index (κ3) is 5.21. The molecule has 0 saturated heterocycles. The van der Waals surface area contributed by atoms with Crippen molar-refractivity contribution in [1.29, 1.82) is 0 Å². The number of nitrogens with one attached hydrogen (secondary N) is 1. The number of carbonyl (C=O) groups excluding carboxylic acids is 1. The molecular formula is C29H22ClN3O5. The molecule has 1 amide bonds. The number of aromatic nitrogens is 1. The van der Waals surface area contributed by atoms with Crippen LogP contribution in [0.25, 0.3) is 40.0 Å². The van der Waals surface area contributed by atoms with Gasteiger partial charge in [-0.1, -0.05) is 43.6 Å². The Kier molecular flexibility index (Phi) is 6.81. The van der Waals surface area contributed by atoms with Crippen molar-refractivity contribution in [2.75, 3.05) is 5.32 Å². The SMILES string of the molecule is CC(C)c1ccc2oc(-c3ccc(Cl)c(NC(=O)/C=C/c4ccc(-c5ccccc5[N+](=O)[O-])o4)c3)nc2c1. The third-order valence-electron chi connectivity index (χ3n) is 5.94. The van der Waals surface area contributed by atoms with Crippen LogP contribution in [0.5, 0.6) is 0 Å². The lowest BCUT2D eigenvalue weighted by Gasteiger charge is -2.06. The number of nitro groups is 1. The molecule has 0 aliphatic heterocycles. The lowest BCUT2D eigenvalue weighted by Crippen LogP contribution is -2.08. The first-order valence-corrected chi connectivity index (χ1v) is 12.2. The molecule has 0 aliphatic carbocycles. The van der Waals surface area contributed by atoms with Gasteiger partial charge in [-0.15, -0.1) is 0 Å². The summed E-state index contributed by atoms with van der Waals surface area (Å²) in [5.74, 6) is 1.04. The van der Waals surface area contributed by atoms with Crippen molar-refractivity contribution in [3.63, 3.8) is 0 Å². The first-order valence-electron chi connectivity index (χ1n) is 11.8. The quantitative estimate of drug-likeness (QED) is 0.130. The van der Waals surface area contributed by atoms with Gasteiger partial charge in [0.2, 0.25) is 11.8 Å². The monoisotopic (exact) mass is 527 g/mol. The summed E-state index contributed by atoms with van der Waals surface area (Å²) in [4.78, 5) is 28.0. The van der Waals surface area contributed by atoms with Gasteiger partial charge >= 0.3 is 0 Å². The number of benzene rings is 3. The maximum Gasteiger partial charge on any atom is 0.280 e. The lowest BCUT2D eigenvalue weighted by atomic mass is 10.0. The number of para-hydroxylation sites is 1. The Bertz CT molecular complexity index is 1700. The number of hydrogen-bond acceptors (Lipinski definition) is 6. The minimum absolute atomic E-state index is 0.0658. The number of halogens is 1. The van der Waals surface area contributed by atoms with Crippen LogP contribution >= 0.6 is 11.6 Å². The zero-order valence-electron chi connectivity index (χ0n) is 20.5. The zero-order chi connectivity index (χ0) is 26.8. The Hall–Kier alpha value is -4.69. The summed E-state index contributed by atoms with van der Waals surface area (Å²) in [6, 6.07) is 20.6. The molecule has 0 unspecified atom stereocenters. The Morgan fingerprint density at radius 1 is 1.05 bits per heavy atom. The highest BCUT2D eigenvalue weighted by Gasteiger charge is 2.17. The summed E-state index contributed by atoms with van der Waals surface area (Å²) >= 11 is 6.33. The van der Waals surface area contributed by atoms with Gasteiger partial charge in [-0.3, -0.25) is 14.9 Å². The number of nitrogens with zero attached hydrogens (tertiary/aromatic N) is 2. The first-order chi connectivity index (χ1) is 18.3. The molecule has 0 spiro atoms. The van der Waals surface area contributed by atoms with Crippen molar-refractivity contribution in [3.8, 4) is 22.8 Å². The van der Waals surface area contributed by atoms with Gasteiger partial charge < -0.3 is 14.2 Å². The van der Waals surface area contributed by atoms with Crippen LogP contribution < -0.4 is 5.32 Å². The zero-order valence-corrected chi connectivity index (χ0v) is 21.2. The predicted molar refractivity (Wildman–Crippen MR) is 147 cm³/mol. The maximum absolute atomic E-state index is 12.6. The molecule has 0 aliphatic rings. The van der Waals surface area contributed by atoms with Crippen molar-refractivity contribution in [2.45, 2.75) is 19.8 Å². The van der Waals surface area contributed by atoms with Crippen molar-refractivity contribution in [1.82, 2.24) is 4.98 Å². The Balaban J connectivity index is 1.33. The number of rotatable bonds is 7. The van der Waals surface area contributed by atoms with Crippen molar-refractivity contribution in [2.24, 2.45) is 0 Å². The highest BCUT2D eigenvalue weighted by molar-refractivity contribution is 6.34. The van der Waals surface area contributed by atoms with Crippen LogP contribution in [0.1, 0.15) is 31.1 Å². The van der Waals surface area contributed by atoms with E-state index in [1.807, 2.05) is 18.2 Å². The van der Waals surface area contributed by atoms with Crippen LogP contribution in [0.4, 0.5) is 11.4 Å². The summed E-state index contributed by atoms with van der Waals surface area (Å²) in [6.45, 7) is 4.23. The molecule has 0 radical (unpaired) electrons. The van der Waals surface area contributed by atoms with Gasteiger partial charge in [0, 0.05) is 17.7 Å². The predicted octanol–water partition coefficient (Wildman–Crippen LogP) is 8.09. The summed E-state index contributed by atoms with van der Waals surface area (Å²) in [7, 11) is 0. The van der Waals surface area contributed by atoms with E-state index in [0.717, 1.165) is 5.52 Å². The van der Waals surface area contributed by atoms with Crippen molar-refractivity contribution in [3.05, 3.63) is 105 Å². The Morgan fingerprint density at radius 3 is 2.66 bits per heavy atom. The van der Waals surface area contributed by atoms with Gasteiger partial charge in [0.15, 0.2) is 5.58 Å². The number of hydrogen-bond donors (Lipinski definition) is 1. The molecule has 3 aromatic carbocycles. The molecule has 0 fully saturated rings. The standard InChI is InChI=1S/C29H22ClN3O5/c1-17(2)18-8-12-27-24(15-18)32-29(38-27)19-7-11-22(30)23(16-19)31-28(34)14-10-20-9-13-26(37-20)21-5-3-4-6-25(21)33(35)36/h3-17H,1-2H3,(H,31,34)/b14-10+. The molecule has 38 heavy (non-hydrogen) atoms. The van der Waals surface area contributed by atoms with Gasteiger partial charge in [-0.2, -0.15) is 0 Å². The fourth-order valence-electron chi connectivity index (χ4n) is 3.94. The van der Waals surface area contributed by atoms with Crippen LogP contribution in [0.3, 0.4) is 0 Å². The molecule has 9 heteroatoms. The van der Waals surface area contributed by atoms with Gasteiger partial charge in [0.1, 0.15) is 17.0 Å². The molecule has 5 aromatic rings. The summed E-state index contributed by atoms with van der Waals surface area (Å²) < 4.78 is 11.6. The second-order valence-corrected chi connectivity index (χ2v) is 9.30. The molecule has 190 valence electrons. The number of amides is 1. The fourth-order valence-corrected chi connectivity index (χ4v) is 4.11. The molecule has 1 N–H and O–H groups in total. The molecule has 2 aromatic heterocycles. The average molecular weight is 528 g/mol. The van der Waals surface area contributed by atoms with E-state index >= 15 is 0 Å². The molecule has 2 heterocycles. The summed E-state index contributed by atoms with van der Waals surface area (Å²) in [5, 5.41) is 14.4. The molecule has 5 rings (SSSR count). The second-order valence-electron chi connectivity index (χ2n) is 8.89. The van der Waals surface area contributed by atoms with Gasteiger partial charge in [0.25, 0.3) is 5.69 Å². The van der Waals surface area contributed by atoms with E-state index < -0.39 is 10.8 Å². The number of fused-ring (bicyclic) bond motifs is 1. The lowest BCUT2D eigenvalue weighted by molar-refractivity contribution is -0.384. The molecular weight excluding hydrogens is 506 g/mol. The molecule has 0 saturated carbocycles. The van der Waals surface area contributed by atoms with E-state index in [-0.39, 0.29) is 5.69 Å². The van der Waals surface area contributed by atoms with E-state index in [1.54, 1.807) is 48.5 Å². The van der Waals surface area contributed by atoms with Gasteiger partial charge in [0.05, 0.1) is 21.2 Å². The van der Waals surface area contributed by atoms with Gasteiger partial charge in [-0.05, 0) is 66.1 Å². The minimum atomic E-state index is -0.470. The topological polar surface area (TPSA) is 111 Å². The van der Waals surface area contributed by atoms with E-state index in [2.05, 4.69) is 24.1 Å². The average Bonchev–Trinajstić information content (AvgIpc) is 3.55. The van der Waals surface area contributed by atoms with E-state index in [9.17, 15) is 14.9 Å². The third-order valence-corrected chi connectivity index (χ3v) is 6.27. The summed E-state index contributed by atoms with van der Waals surface area (Å²) in [5.41, 5.74) is 3.94. The van der Waals surface area contributed by atoms with E-state index in [0.29, 0.717) is 50.7 Å². The number of oxazole rings is 1. The van der Waals surface area contributed by atoms with E-state index in [1.165, 1.54) is 23.8 Å². The number of nitro benzene ring substituents is 1. The van der Waals surface area contributed by atoms with Crippen LogP contribution in [0.15, 0.2) is 87.7 Å². The molecule has 0 atom stereocenters. The number of furan rings is 1. The normalized spacial score (nSPS) is 11.5. The van der Waals surface area contributed by atoms with Crippen LogP contribution in [-0.2, 0) is 4.79 Å². The summed E-state index contributed by atoms with van der Waals surface area (Å²) in [6.07, 6.45) is 2.76. The first kappa shape index (κ1) is 25.0. The minimum Gasteiger partial charge on any atom is -0.456 e. The second kappa shape index (κ2) is 10.4. The van der Waals surface area contributed by atoms with Crippen molar-refractivity contribution >= 4 is 46.1 Å². The Labute approximate surface area is 222 Å². The highest BCUT2D eigenvalue weighted by atomic mass is 35.5. The van der Waals surface area contributed by atoms with Crippen LogP contribution in [0.2, 0.25) is 5.02 Å². The number of carbonyl (C=O) groups is 1. The molecule has 0 bridgehead atoms. The van der Waals surface area contributed by atoms with Crippen LogP contribution in [-0.4, -0.2) is 15.8 Å². The maximum atomic E-state index is 12.6. The largest absolute Gasteiger partial charge is 0.456 e. The molecule has 8 nitrogen and oxygen atoms in total. The van der Waals surface area contributed by atoms with Crippen LogP contribution in [0, 0.1) is 10.1 Å². The highest BCUT2D eigenvalue weighted by Crippen LogP contribution is 2.33. The smallest absolute Gasteiger partial charge is 0.280 e. The number of anilines is 1. The van der Waals surface area contributed by atoms with Crippen molar-refractivity contribution < 1.29 is 18.6 Å². The van der Waals surface area contributed by atoms with E-state index in [4.69, 9.17) is 20.4 Å². The Morgan fingerprint density at radius 2 is 1.87 bits per heavy atom. The fraction of sp³-hybridized carbons (Fsp3) is 0.103. The van der Waals surface area contributed by atoms with Gasteiger partial charge in [-0.25, -0.2) is 4.98 Å².